The molecular formula is C24H21N5O5. The smallest absolute Gasteiger partial charge is 0.292 e. The molecule has 1 aliphatic heterocycles. The molecule has 10 nitrogen and oxygen atoms in total. The van der Waals surface area contributed by atoms with Gasteiger partial charge >= 0.3 is 0 Å². The van der Waals surface area contributed by atoms with Crippen LogP contribution in [0.5, 0.6) is 0 Å². The molecule has 0 saturated heterocycles. The molecule has 0 aliphatic carbocycles. The molecule has 1 heterocycles. The lowest BCUT2D eigenvalue weighted by Crippen LogP contribution is -2.42. The van der Waals surface area contributed by atoms with E-state index in [1.165, 1.54) is 11.0 Å². The minimum absolute atomic E-state index is 0.0584. The predicted octanol–water partition coefficient (Wildman–Crippen LogP) is 3.63. The van der Waals surface area contributed by atoms with Crippen molar-refractivity contribution in [3.63, 3.8) is 0 Å². The zero-order valence-corrected chi connectivity index (χ0v) is 18.0. The van der Waals surface area contributed by atoms with Gasteiger partial charge in [0.25, 0.3) is 11.6 Å². The lowest BCUT2D eigenvalue weighted by atomic mass is 10.1. The summed E-state index contributed by atoms with van der Waals surface area (Å²) in [5, 5.41) is 19.4. The van der Waals surface area contributed by atoms with Gasteiger partial charge in [0.15, 0.2) is 0 Å². The highest BCUT2D eigenvalue weighted by Crippen LogP contribution is 2.30. The van der Waals surface area contributed by atoms with Gasteiger partial charge in [-0.1, -0.05) is 24.3 Å². The largest absolute Gasteiger partial charge is 0.379 e. The van der Waals surface area contributed by atoms with Crippen molar-refractivity contribution in [2.24, 2.45) is 0 Å². The van der Waals surface area contributed by atoms with Gasteiger partial charge in [-0.25, -0.2) is 0 Å². The van der Waals surface area contributed by atoms with Crippen LogP contribution in [0.1, 0.15) is 16.8 Å². The Morgan fingerprint density at radius 1 is 1.00 bits per heavy atom. The van der Waals surface area contributed by atoms with Gasteiger partial charge in [-0.3, -0.25) is 29.4 Å². The molecule has 0 fully saturated rings. The van der Waals surface area contributed by atoms with Crippen molar-refractivity contribution in [3.05, 3.63) is 88.5 Å². The molecule has 1 aliphatic rings. The molecule has 3 N–H and O–H groups in total. The van der Waals surface area contributed by atoms with E-state index < -0.39 is 4.92 Å². The van der Waals surface area contributed by atoms with Gasteiger partial charge in [0.2, 0.25) is 11.8 Å². The van der Waals surface area contributed by atoms with Crippen LogP contribution in [0, 0.1) is 10.1 Å². The van der Waals surface area contributed by atoms with Crippen molar-refractivity contribution in [2.45, 2.75) is 6.42 Å². The monoisotopic (exact) mass is 459 g/mol. The van der Waals surface area contributed by atoms with Crippen LogP contribution < -0.4 is 20.9 Å². The Hall–Kier alpha value is -4.73. The molecule has 0 aromatic heterocycles. The van der Waals surface area contributed by atoms with Gasteiger partial charge in [-0.15, -0.1) is 0 Å². The number of hydrogen-bond donors (Lipinski definition) is 3. The summed E-state index contributed by atoms with van der Waals surface area (Å²) in [6.07, 6.45) is 0.0897. The van der Waals surface area contributed by atoms with Crippen LogP contribution in [-0.2, 0) is 9.59 Å². The van der Waals surface area contributed by atoms with Crippen molar-refractivity contribution < 1.29 is 19.3 Å². The first kappa shape index (κ1) is 22.5. The number of rotatable bonds is 7. The van der Waals surface area contributed by atoms with Crippen LogP contribution in [0.25, 0.3) is 0 Å². The average Bonchev–Trinajstić information content (AvgIpc) is 2.83. The van der Waals surface area contributed by atoms with Crippen molar-refractivity contribution in [3.8, 4) is 0 Å². The van der Waals surface area contributed by atoms with Crippen molar-refractivity contribution >= 4 is 46.2 Å². The second kappa shape index (κ2) is 9.82. The van der Waals surface area contributed by atoms with Crippen molar-refractivity contribution in [1.29, 1.82) is 0 Å². The molecule has 0 radical (unpaired) electrons. The van der Waals surface area contributed by atoms with Crippen LogP contribution in [0.4, 0.5) is 28.4 Å². The topological polar surface area (TPSA) is 134 Å². The zero-order chi connectivity index (χ0) is 24.1. The maximum Gasteiger partial charge on any atom is 0.292 e. The van der Waals surface area contributed by atoms with Crippen molar-refractivity contribution in [2.75, 3.05) is 33.9 Å². The van der Waals surface area contributed by atoms with Crippen LogP contribution in [0.2, 0.25) is 0 Å². The summed E-state index contributed by atoms with van der Waals surface area (Å²) >= 11 is 0. The maximum absolute atomic E-state index is 13.0. The summed E-state index contributed by atoms with van der Waals surface area (Å²) in [5.74, 6) is -0.883. The highest BCUT2D eigenvalue weighted by Gasteiger charge is 2.27. The van der Waals surface area contributed by atoms with Gasteiger partial charge in [-0.05, 0) is 42.5 Å². The average molecular weight is 459 g/mol. The molecular weight excluding hydrogens is 438 g/mol. The predicted molar refractivity (Wildman–Crippen MR) is 128 cm³/mol. The summed E-state index contributed by atoms with van der Waals surface area (Å²) in [6, 6.07) is 19.7. The molecule has 0 atom stereocenters. The molecule has 172 valence electrons. The highest BCUT2D eigenvalue weighted by atomic mass is 16.6. The fourth-order valence-electron chi connectivity index (χ4n) is 3.58. The zero-order valence-electron chi connectivity index (χ0n) is 18.0. The Balaban J connectivity index is 1.34. The third kappa shape index (κ3) is 5.01. The first-order valence-corrected chi connectivity index (χ1v) is 10.5. The quantitative estimate of drug-likeness (QED) is 0.365. The fraction of sp³-hybridized carbons (Fsp3) is 0.125. The van der Waals surface area contributed by atoms with E-state index in [0.29, 0.717) is 28.3 Å². The Morgan fingerprint density at radius 3 is 2.47 bits per heavy atom. The Labute approximate surface area is 194 Å². The number of fused-ring (bicyclic) bond motifs is 1. The number of carbonyl (C=O) groups is 3. The lowest BCUT2D eigenvalue weighted by Gasteiger charge is -2.29. The van der Waals surface area contributed by atoms with E-state index in [-0.39, 0.29) is 42.9 Å². The van der Waals surface area contributed by atoms with Gasteiger partial charge in [-0.2, -0.15) is 0 Å². The summed E-state index contributed by atoms with van der Waals surface area (Å²) in [5.41, 5.74) is 2.36. The fourth-order valence-corrected chi connectivity index (χ4v) is 3.58. The second-order valence-electron chi connectivity index (χ2n) is 7.53. The standard InChI is InChI=1S/C24H21N5O5/c30-22(13-14-25-18-5-1-4-8-21(18)29(33)34)26-17-11-9-16(10-12-17)24(32)28-15-23(31)27-19-6-2-3-7-20(19)28/h1-12,25H,13-15H2,(H,26,30)(H,27,31). The Bertz CT molecular complexity index is 1260. The highest BCUT2D eigenvalue weighted by molar-refractivity contribution is 6.15. The van der Waals surface area contributed by atoms with Gasteiger partial charge in [0, 0.05) is 30.3 Å². The number of anilines is 4. The molecule has 10 heteroatoms. The van der Waals surface area contributed by atoms with E-state index in [1.54, 1.807) is 66.7 Å². The Morgan fingerprint density at radius 2 is 1.71 bits per heavy atom. The summed E-state index contributed by atoms with van der Waals surface area (Å²) in [4.78, 5) is 49.2. The molecule has 3 aromatic rings. The summed E-state index contributed by atoms with van der Waals surface area (Å²) in [7, 11) is 0. The van der Waals surface area contributed by atoms with E-state index in [2.05, 4.69) is 16.0 Å². The van der Waals surface area contributed by atoms with Crippen LogP contribution >= 0.6 is 0 Å². The van der Waals surface area contributed by atoms with Crippen molar-refractivity contribution in [1.82, 2.24) is 0 Å². The van der Waals surface area contributed by atoms with E-state index in [0.717, 1.165) is 0 Å². The molecule has 0 unspecified atom stereocenters. The Kier molecular flexibility index (Phi) is 6.49. The number of hydrogen-bond acceptors (Lipinski definition) is 6. The van der Waals surface area contributed by atoms with Crippen LogP contribution in [0.15, 0.2) is 72.8 Å². The molecule has 0 spiro atoms. The number of nitro benzene ring substituents is 1. The van der Waals surface area contributed by atoms with Gasteiger partial charge < -0.3 is 16.0 Å². The SMILES string of the molecule is O=C(CCNc1ccccc1[N+](=O)[O-])Nc1ccc(C(=O)N2CC(=O)Nc3ccccc32)cc1. The van der Waals surface area contributed by atoms with E-state index in [9.17, 15) is 24.5 Å². The summed E-state index contributed by atoms with van der Waals surface area (Å²) < 4.78 is 0. The first-order valence-electron chi connectivity index (χ1n) is 10.5. The number of benzene rings is 3. The first-order chi connectivity index (χ1) is 16.4. The molecule has 34 heavy (non-hydrogen) atoms. The number of para-hydroxylation sites is 4. The third-order valence-corrected chi connectivity index (χ3v) is 5.20. The molecule has 0 bridgehead atoms. The number of nitro groups is 1. The normalized spacial score (nSPS) is 12.4. The number of amides is 3. The molecule has 0 saturated carbocycles. The number of nitrogens with zero attached hydrogens (tertiary/aromatic N) is 2. The minimum Gasteiger partial charge on any atom is -0.379 e. The number of nitrogens with one attached hydrogen (secondary N) is 3. The molecule has 4 rings (SSSR count). The molecule has 3 amide bonds. The lowest BCUT2D eigenvalue weighted by molar-refractivity contribution is -0.384. The van der Waals surface area contributed by atoms with Crippen LogP contribution in [0.3, 0.4) is 0 Å². The molecule has 3 aromatic carbocycles. The second-order valence-corrected chi connectivity index (χ2v) is 7.53. The van der Waals surface area contributed by atoms with E-state index in [1.807, 2.05) is 0 Å². The van der Waals surface area contributed by atoms with E-state index >= 15 is 0 Å². The van der Waals surface area contributed by atoms with E-state index in [4.69, 9.17) is 0 Å². The third-order valence-electron chi connectivity index (χ3n) is 5.20. The van der Waals surface area contributed by atoms with Gasteiger partial charge in [0.1, 0.15) is 12.2 Å². The summed E-state index contributed by atoms with van der Waals surface area (Å²) in [6.45, 7) is 0.130. The minimum atomic E-state index is -0.486. The maximum atomic E-state index is 13.0. The van der Waals surface area contributed by atoms with Crippen LogP contribution in [-0.4, -0.2) is 35.7 Å². The number of carbonyl (C=O) groups excluding carboxylic acids is 3. The van der Waals surface area contributed by atoms with Gasteiger partial charge in [0.05, 0.1) is 16.3 Å².